The summed E-state index contributed by atoms with van der Waals surface area (Å²) in [6.07, 6.45) is 5.20. The molecule has 0 saturated carbocycles. The molecule has 0 radical (unpaired) electrons. The van der Waals surface area contributed by atoms with Gasteiger partial charge in [0.1, 0.15) is 4.32 Å². The normalized spacial score (nSPS) is 15.5. The molecule has 1 N–H and O–H groups in total. The molecule has 1 aromatic carbocycles. The molecule has 0 spiro atoms. The minimum absolute atomic E-state index is 0.210. The molecule has 28 heavy (non-hydrogen) atoms. The number of hydrogen-bond donors (Lipinski definition) is 1. The molecule has 0 unspecified atom stereocenters. The van der Waals surface area contributed by atoms with E-state index in [2.05, 4.69) is 5.32 Å². The van der Waals surface area contributed by atoms with E-state index in [9.17, 15) is 9.59 Å². The van der Waals surface area contributed by atoms with Crippen LogP contribution in [0.4, 0.5) is 0 Å². The molecule has 0 aliphatic carbocycles. The lowest BCUT2D eigenvalue weighted by atomic mass is 10.1. The third-order valence-corrected chi connectivity index (χ3v) is 5.22. The summed E-state index contributed by atoms with van der Waals surface area (Å²) >= 11 is 6.33. The van der Waals surface area contributed by atoms with Crippen molar-refractivity contribution in [3.05, 3.63) is 40.3 Å². The van der Waals surface area contributed by atoms with Crippen LogP contribution in [-0.2, 0) is 14.3 Å². The zero-order chi connectivity index (χ0) is 20.5. The van der Waals surface area contributed by atoms with Gasteiger partial charge in [-0.2, -0.15) is 0 Å². The predicted molar refractivity (Wildman–Crippen MR) is 114 cm³/mol. The van der Waals surface area contributed by atoms with Crippen molar-refractivity contribution >= 4 is 46.3 Å². The SMILES string of the molecule is CCOC(=O)CCCC(C=Cc1ccc(OC)c(OC)c1)=C1SC(=S)NC1=O. The maximum absolute atomic E-state index is 12.2. The smallest absolute Gasteiger partial charge is 0.305 e. The van der Waals surface area contributed by atoms with Crippen molar-refractivity contribution in [2.75, 3.05) is 20.8 Å². The third kappa shape index (κ3) is 6.10. The van der Waals surface area contributed by atoms with E-state index in [-0.39, 0.29) is 11.9 Å². The van der Waals surface area contributed by atoms with Crippen molar-refractivity contribution in [1.82, 2.24) is 5.32 Å². The Balaban J connectivity index is 2.21. The molecule has 1 heterocycles. The second-order valence-corrected chi connectivity index (χ2v) is 7.49. The molecular weight excluding hydrogens is 398 g/mol. The Morgan fingerprint density at radius 1 is 1.21 bits per heavy atom. The Morgan fingerprint density at radius 2 is 1.96 bits per heavy atom. The number of amides is 1. The van der Waals surface area contributed by atoms with E-state index < -0.39 is 0 Å². The van der Waals surface area contributed by atoms with E-state index in [0.29, 0.717) is 46.6 Å². The highest BCUT2D eigenvalue weighted by Crippen LogP contribution is 2.31. The van der Waals surface area contributed by atoms with Crippen LogP contribution in [0.25, 0.3) is 6.08 Å². The molecule has 1 aliphatic heterocycles. The van der Waals surface area contributed by atoms with Gasteiger partial charge in [-0.3, -0.25) is 9.59 Å². The molecule has 1 aliphatic rings. The summed E-state index contributed by atoms with van der Waals surface area (Å²) < 4.78 is 16.0. The van der Waals surface area contributed by atoms with Crippen molar-refractivity contribution < 1.29 is 23.8 Å². The average molecular weight is 422 g/mol. The molecule has 1 amide bonds. The Labute approximate surface area is 174 Å². The molecule has 1 aromatic rings. The monoisotopic (exact) mass is 421 g/mol. The van der Waals surface area contributed by atoms with Gasteiger partial charge in [-0.15, -0.1) is 0 Å². The van der Waals surface area contributed by atoms with Crippen LogP contribution in [0.5, 0.6) is 11.5 Å². The zero-order valence-corrected chi connectivity index (χ0v) is 17.7. The van der Waals surface area contributed by atoms with Gasteiger partial charge in [0.15, 0.2) is 11.5 Å². The van der Waals surface area contributed by atoms with Crippen LogP contribution in [0, 0.1) is 0 Å². The largest absolute Gasteiger partial charge is 0.493 e. The zero-order valence-electron chi connectivity index (χ0n) is 16.1. The third-order valence-electron chi connectivity index (χ3n) is 3.93. The maximum atomic E-state index is 12.2. The first-order valence-electron chi connectivity index (χ1n) is 8.80. The van der Waals surface area contributed by atoms with Crippen LogP contribution >= 0.6 is 24.0 Å². The van der Waals surface area contributed by atoms with Crippen LogP contribution in [0.1, 0.15) is 31.7 Å². The fourth-order valence-electron chi connectivity index (χ4n) is 2.61. The van der Waals surface area contributed by atoms with Crippen LogP contribution in [0.15, 0.2) is 34.8 Å². The van der Waals surface area contributed by atoms with Crippen LogP contribution in [-0.4, -0.2) is 37.0 Å². The van der Waals surface area contributed by atoms with Crippen LogP contribution in [0.3, 0.4) is 0 Å². The van der Waals surface area contributed by atoms with Gasteiger partial charge in [0.2, 0.25) is 0 Å². The standard InChI is InChI=1S/C20H23NO5S2/c1-4-26-17(22)7-5-6-14(18-19(23)21-20(27)28-18)10-8-13-9-11-15(24-2)16(12-13)25-3/h8-12H,4-7H2,1-3H3,(H,21,23,27). The number of rotatable bonds is 9. The molecule has 2 rings (SSSR count). The quantitative estimate of drug-likeness (QED) is 0.369. The molecular formula is C20H23NO5S2. The summed E-state index contributed by atoms with van der Waals surface area (Å²) in [6, 6.07) is 5.56. The van der Waals surface area contributed by atoms with Gasteiger partial charge in [-0.1, -0.05) is 42.2 Å². The lowest BCUT2D eigenvalue weighted by Gasteiger charge is -2.08. The molecule has 1 fully saturated rings. The molecule has 0 bridgehead atoms. The van der Waals surface area contributed by atoms with Gasteiger partial charge in [-0.25, -0.2) is 0 Å². The number of thioether (sulfide) groups is 1. The minimum atomic E-state index is -0.241. The van der Waals surface area contributed by atoms with E-state index in [1.807, 2.05) is 30.4 Å². The summed E-state index contributed by atoms with van der Waals surface area (Å²) in [5, 5.41) is 2.63. The Kier molecular flexibility index (Phi) is 8.53. The van der Waals surface area contributed by atoms with Gasteiger partial charge in [0.05, 0.1) is 25.7 Å². The molecule has 6 nitrogen and oxygen atoms in total. The van der Waals surface area contributed by atoms with E-state index in [1.54, 1.807) is 21.1 Å². The van der Waals surface area contributed by atoms with Crippen LogP contribution in [0.2, 0.25) is 0 Å². The number of hydrogen-bond acceptors (Lipinski definition) is 7. The van der Waals surface area contributed by atoms with Gasteiger partial charge < -0.3 is 19.5 Å². The van der Waals surface area contributed by atoms with Crippen LogP contribution < -0.4 is 14.8 Å². The van der Waals surface area contributed by atoms with Crippen molar-refractivity contribution in [3.8, 4) is 11.5 Å². The first-order chi connectivity index (χ1) is 13.5. The number of methoxy groups -OCH3 is 2. The summed E-state index contributed by atoms with van der Waals surface area (Å²) in [5.74, 6) is 0.812. The molecule has 150 valence electrons. The topological polar surface area (TPSA) is 73.9 Å². The molecule has 0 aromatic heterocycles. The highest BCUT2D eigenvalue weighted by Gasteiger charge is 2.25. The van der Waals surface area contributed by atoms with Gasteiger partial charge in [0, 0.05) is 6.42 Å². The molecule has 0 atom stereocenters. The minimum Gasteiger partial charge on any atom is -0.493 e. The summed E-state index contributed by atoms with van der Waals surface area (Å²) in [7, 11) is 3.16. The fourth-order valence-corrected chi connectivity index (χ4v) is 3.72. The second-order valence-electron chi connectivity index (χ2n) is 5.80. The number of ether oxygens (including phenoxy) is 3. The highest BCUT2D eigenvalue weighted by molar-refractivity contribution is 8.26. The number of thiocarbonyl (C=S) groups is 1. The second kappa shape index (κ2) is 10.9. The maximum Gasteiger partial charge on any atom is 0.305 e. The van der Waals surface area contributed by atoms with E-state index in [1.165, 1.54) is 11.8 Å². The van der Waals surface area contributed by atoms with Crippen molar-refractivity contribution in [3.63, 3.8) is 0 Å². The van der Waals surface area contributed by atoms with Gasteiger partial charge in [-0.05, 0) is 43.0 Å². The highest BCUT2D eigenvalue weighted by atomic mass is 32.2. The lowest BCUT2D eigenvalue weighted by Crippen LogP contribution is -2.18. The Bertz CT molecular complexity index is 817. The number of allylic oxidation sites excluding steroid dienone is 2. The summed E-state index contributed by atoms with van der Waals surface area (Å²) in [4.78, 5) is 24.3. The Hall–Kier alpha value is -2.32. The average Bonchev–Trinajstić information content (AvgIpc) is 3.02. The number of carbonyl (C=O) groups excluding carboxylic acids is 2. The summed E-state index contributed by atoms with van der Waals surface area (Å²) in [6.45, 7) is 2.14. The lowest BCUT2D eigenvalue weighted by molar-refractivity contribution is -0.143. The summed E-state index contributed by atoms with van der Waals surface area (Å²) in [5.41, 5.74) is 1.72. The van der Waals surface area contributed by atoms with E-state index in [0.717, 1.165) is 11.1 Å². The van der Waals surface area contributed by atoms with E-state index in [4.69, 9.17) is 26.4 Å². The van der Waals surface area contributed by atoms with E-state index >= 15 is 0 Å². The Morgan fingerprint density at radius 3 is 2.57 bits per heavy atom. The molecule has 8 heteroatoms. The predicted octanol–water partition coefficient (Wildman–Crippen LogP) is 3.85. The first kappa shape index (κ1) is 22.0. The fraction of sp³-hybridized carbons (Fsp3) is 0.350. The number of nitrogens with one attached hydrogen (secondary N) is 1. The van der Waals surface area contributed by atoms with Crippen molar-refractivity contribution in [2.45, 2.75) is 26.2 Å². The van der Waals surface area contributed by atoms with Crippen molar-refractivity contribution in [2.24, 2.45) is 0 Å². The number of carbonyl (C=O) groups is 2. The molecule has 1 saturated heterocycles. The van der Waals surface area contributed by atoms with Gasteiger partial charge >= 0.3 is 5.97 Å². The number of esters is 1. The van der Waals surface area contributed by atoms with Gasteiger partial charge in [0.25, 0.3) is 5.91 Å². The number of benzene rings is 1. The first-order valence-corrected chi connectivity index (χ1v) is 10.0. The van der Waals surface area contributed by atoms with Crippen molar-refractivity contribution in [1.29, 1.82) is 0 Å².